The SMILES string of the molecule is CCOc1ccc(-c2ccc(CCc3ccc(C4CCC(O)CC4)c(F)c3F)cc2)cc1F. The maximum absolute atomic E-state index is 14.7. The fourth-order valence-electron chi connectivity index (χ4n) is 4.60. The van der Waals surface area contributed by atoms with E-state index in [0.29, 0.717) is 56.3 Å². The highest BCUT2D eigenvalue weighted by molar-refractivity contribution is 5.64. The van der Waals surface area contributed by atoms with E-state index in [1.54, 1.807) is 18.2 Å². The average molecular weight is 455 g/mol. The lowest BCUT2D eigenvalue weighted by Gasteiger charge is -2.26. The summed E-state index contributed by atoms with van der Waals surface area (Å²) >= 11 is 0. The van der Waals surface area contributed by atoms with Crippen molar-refractivity contribution in [1.29, 1.82) is 0 Å². The minimum Gasteiger partial charge on any atom is -0.491 e. The number of benzene rings is 3. The fourth-order valence-corrected chi connectivity index (χ4v) is 4.60. The van der Waals surface area contributed by atoms with E-state index in [1.807, 2.05) is 37.3 Å². The highest BCUT2D eigenvalue weighted by Crippen LogP contribution is 2.35. The Balaban J connectivity index is 1.41. The minimum atomic E-state index is -0.764. The molecule has 5 heteroatoms. The molecule has 1 saturated carbocycles. The summed E-state index contributed by atoms with van der Waals surface area (Å²) in [7, 11) is 0. The van der Waals surface area contributed by atoms with Crippen molar-refractivity contribution in [2.24, 2.45) is 0 Å². The van der Waals surface area contributed by atoms with Gasteiger partial charge in [-0.25, -0.2) is 13.2 Å². The van der Waals surface area contributed by atoms with Gasteiger partial charge in [-0.05, 0) is 91.3 Å². The number of aliphatic hydroxyl groups excluding tert-OH is 1. The second-order valence-corrected chi connectivity index (χ2v) is 8.72. The average Bonchev–Trinajstić information content (AvgIpc) is 2.82. The molecular formula is C28H29F3O2. The molecule has 0 bridgehead atoms. The summed E-state index contributed by atoms with van der Waals surface area (Å²) in [4.78, 5) is 0. The zero-order chi connectivity index (χ0) is 23.4. The molecule has 1 aliphatic carbocycles. The van der Waals surface area contributed by atoms with Crippen LogP contribution in [0.3, 0.4) is 0 Å². The molecule has 2 nitrogen and oxygen atoms in total. The number of rotatable bonds is 7. The van der Waals surface area contributed by atoms with E-state index in [-0.39, 0.29) is 17.8 Å². The van der Waals surface area contributed by atoms with Crippen LogP contribution in [0, 0.1) is 17.5 Å². The van der Waals surface area contributed by atoms with Gasteiger partial charge in [0.05, 0.1) is 12.7 Å². The number of aliphatic hydroxyl groups is 1. The van der Waals surface area contributed by atoms with E-state index in [9.17, 15) is 18.3 Å². The van der Waals surface area contributed by atoms with Gasteiger partial charge in [0.15, 0.2) is 23.2 Å². The van der Waals surface area contributed by atoms with E-state index in [4.69, 9.17) is 4.74 Å². The van der Waals surface area contributed by atoms with Crippen LogP contribution >= 0.6 is 0 Å². The van der Waals surface area contributed by atoms with E-state index in [0.717, 1.165) is 16.7 Å². The van der Waals surface area contributed by atoms with Gasteiger partial charge in [-0.2, -0.15) is 0 Å². The molecule has 1 aliphatic rings. The Kier molecular flexibility index (Phi) is 7.39. The molecule has 1 N–H and O–H groups in total. The molecule has 0 aliphatic heterocycles. The van der Waals surface area contributed by atoms with Crippen LogP contribution in [-0.4, -0.2) is 17.8 Å². The molecule has 174 valence electrons. The third-order valence-electron chi connectivity index (χ3n) is 6.53. The van der Waals surface area contributed by atoms with Crippen molar-refractivity contribution in [2.75, 3.05) is 6.61 Å². The van der Waals surface area contributed by atoms with Gasteiger partial charge in [0.2, 0.25) is 0 Å². The second kappa shape index (κ2) is 10.4. The monoisotopic (exact) mass is 454 g/mol. The molecule has 0 spiro atoms. The lowest BCUT2D eigenvalue weighted by Crippen LogP contribution is -2.18. The van der Waals surface area contributed by atoms with Gasteiger partial charge >= 0.3 is 0 Å². The highest BCUT2D eigenvalue weighted by atomic mass is 19.2. The summed E-state index contributed by atoms with van der Waals surface area (Å²) in [6.07, 6.45) is 3.27. The summed E-state index contributed by atoms with van der Waals surface area (Å²) in [5, 5.41) is 9.66. The van der Waals surface area contributed by atoms with Crippen LogP contribution in [0.2, 0.25) is 0 Å². The molecule has 0 unspecified atom stereocenters. The standard InChI is InChI=1S/C28H29F3O2/c1-2-33-26-16-12-22(17-25(26)29)19-6-3-18(4-7-19)5-8-21-11-15-24(28(31)27(21)30)20-9-13-23(32)14-10-20/h3-4,6-7,11-12,15-17,20,23,32H,2,5,8-10,13-14H2,1H3. The Bertz CT molecular complexity index is 1090. The second-order valence-electron chi connectivity index (χ2n) is 8.72. The number of ether oxygens (including phenoxy) is 1. The van der Waals surface area contributed by atoms with Crippen LogP contribution in [0.15, 0.2) is 54.6 Å². The van der Waals surface area contributed by atoms with Crippen molar-refractivity contribution in [3.05, 3.63) is 88.7 Å². The third kappa shape index (κ3) is 5.41. The van der Waals surface area contributed by atoms with Gasteiger partial charge in [0.1, 0.15) is 0 Å². The molecule has 3 aromatic rings. The number of hydrogen-bond acceptors (Lipinski definition) is 2. The van der Waals surface area contributed by atoms with E-state index in [2.05, 4.69) is 0 Å². The molecule has 0 radical (unpaired) electrons. The van der Waals surface area contributed by atoms with Crippen molar-refractivity contribution >= 4 is 0 Å². The molecule has 0 amide bonds. The Morgan fingerprint density at radius 1 is 0.818 bits per heavy atom. The largest absolute Gasteiger partial charge is 0.491 e. The maximum atomic E-state index is 14.7. The highest BCUT2D eigenvalue weighted by Gasteiger charge is 2.25. The lowest BCUT2D eigenvalue weighted by atomic mass is 9.82. The van der Waals surface area contributed by atoms with Crippen molar-refractivity contribution < 1.29 is 23.0 Å². The molecule has 0 aromatic heterocycles. The first-order valence-corrected chi connectivity index (χ1v) is 11.6. The summed E-state index contributed by atoms with van der Waals surface area (Å²) < 4.78 is 48.9. The molecule has 3 aromatic carbocycles. The summed E-state index contributed by atoms with van der Waals surface area (Å²) in [5.41, 5.74) is 3.41. The molecule has 33 heavy (non-hydrogen) atoms. The van der Waals surface area contributed by atoms with Gasteiger partial charge < -0.3 is 9.84 Å². The third-order valence-corrected chi connectivity index (χ3v) is 6.53. The van der Waals surface area contributed by atoms with Crippen molar-refractivity contribution in [3.8, 4) is 16.9 Å². The Morgan fingerprint density at radius 2 is 1.52 bits per heavy atom. The predicted octanol–water partition coefficient (Wildman–Crippen LogP) is 6.97. The van der Waals surface area contributed by atoms with Crippen LogP contribution in [0.1, 0.15) is 55.2 Å². The quantitative estimate of drug-likeness (QED) is 0.418. The number of halogens is 3. The van der Waals surface area contributed by atoms with Gasteiger partial charge in [-0.1, -0.05) is 42.5 Å². The smallest absolute Gasteiger partial charge is 0.165 e. The first-order valence-electron chi connectivity index (χ1n) is 11.6. The van der Waals surface area contributed by atoms with E-state index >= 15 is 0 Å². The van der Waals surface area contributed by atoms with Gasteiger partial charge in [0.25, 0.3) is 0 Å². The zero-order valence-electron chi connectivity index (χ0n) is 18.8. The molecule has 0 heterocycles. The predicted molar refractivity (Wildman–Crippen MR) is 124 cm³/mol. The minimum absolute atomic E-state index is 0.0306. The Morgan fingerprint density at radius 3 is 2.18 bits per heavy atom. The van der Waals surface area contributed by atoms with Crippen molar-refractivity contribution in [3.63, 3.8) is 0 Å². The van der Waals surface area contributed by atoms with Gasteiger partial charge in [-0.3, -0.25) is 0 Å². The van der Waals surface area contributed by atoms with Crippen LogP contribution < -0.4 is 4.74 Å². The van der Waals surface area contributed by atoms with Crippen LogP contribution in [0.4, 0.5) is 13.2 Å². The molecule has 0 atom stereocenters. The van der Waals surface area contributed by atoms with Gasteiger partial charge in [0, 0.05) is 0 Å². The first kappa shape index (κ1) is 23.4. The molecular weight excluding hydrogens is 425 g/mol. The Hall–Kier alpha value is -2.79. The van der Waals surface area contributed by atoms with Crippen LogP contribution in [0.25, 0.3) is 11.1 Å². The van der Waals surface area contributed by atoms with E-state index in [1.165, 1.54) is 6.07 Å². The Labute approximate surface area is 193 Å². The molecule has 1 fully saturated rings. The summed E-state index contributed by atoms with van der Waals surface area (Å²) in [5.74, 6) is -1.71. The maximum Gasteiger partial charge on any atom is 0.165 e. The molecule has 0 saturated heterocycles. The van der Waals surface area contributed by atoms with Crippen molar-refractivity contribution in [2.45, 2.75) is 57.5 Å². The number of aryl methyl sites for hydroxylation is 2. The fraction of sp³-hybridized carbons (Fsp3) is 0.357. The normalized spacial score (nSPS) is 18.3. The topological polar surface area (TPSA) is 29.5 Å². The van der Waals surface area contributed by atoms with Crippen LogP contribution in [-0.2, 0) is 12.8 Å². The first-order chi connectivity index (χ1) is 16.0. The van der Waals surface area contributed by atoms with Crippen LogP contribution in [0.5, 0.6) is 5.75 Å². The van der Waals surface area contributed by atoms with Crippen molar-refractivity contribution in [1.82, 2.24) is 0 Å². The number of hydrogen-bond donors (Lipinski definition) is 1. The van der Waals surface area contributed by atoms with Gasteiger partial charge in [-0.15, -0.1) is 0 Å². The lowest BCUT2D eigenvalue weighted by molar-refractivity contribution is 0.122. The van der Waals surface area contributed by atoms with E-state index < -0.39 is 17.5 Å². The summed E-state index contributed by atoms with van der Waals surface area (Å²) in [6, 6.07) is 16.0. The summed E-state index contributed by atoms with van der Waals surface area (Å²) in [6.45, 7) is 2.21. The zero-order valence-corrected chi connectivity index (χ0v) is 18.8. The molecule has 4 rings (SSSR count).